The van der Waals surface area contributed by atoms with Gasteiger partial charge in [-0.15, -0.1) is 0 Å². The largest absolute Gasteiger partial charge is 0.373 e. The first-order valence-electron chi connectivity index (χ1n) is 6.39. The number of aromatic nitrogens is 2. The summed E-state index contributed by atoms with van der Waals surface area (Å²) in [6.07, 6.45) is 3.06. The Morgan fingerprint density at radius 3 is 2.55 bits per heavy atom. The lowest BCUT2D eigenvalue weighted by Crippen LogP contribution is -2.06. The van der Waals surface area contributed by atoms with Crippen LogP contribution < -0.4 is 10.6 Å². The Hall–Kier alpha value is -2.24. The van der Waals surface area contributed by atoms with E-state index in [4.69, 9.17) is 0 Å². The van der Waals surface area contributed by atoms with E-state index in [2.05, 4.69) is 20.6 Å². The molecule has 0 aliphatic heterocycles. The molecule has 0 aliphatic rings. The summed E-state index contributed by atoms with van der Waals surface area (Å²) in [5, 5.41) is 5.88. The number of nitrogens with zero attached hydrogens (tertiary/aromatic N) is 2. The van der Waals surface area contributed by atoms with Crippen LogP contribution in [0, 0.1) is 11.6 Å². The van der Waals surface area contributed by atoms with Gasteiger partial charge >= 0.3 is 0 Å². The summed E-state index contributed by atoms with van der Waals surface area (Å²) in [6, 6.07) is 3.38. The second-order valence-electron chi connectivity index (χ2n) is 4.30. The van der Waals surface area contributed by atoms with Crippen LogP contribution >= 0.6 is 0 Å². The number of nitrogens with one attached hydrogen (secondary N) is 2. The van der Waals surface area contributed by atoms with E-state index in [0.29, 0.717) is 11.6 Å². The third-order valence-electron chi connectivity index (χ3n) is 2.87. The maximum absolute atomic E-state index is 13.7. The molecule has 6 heteroatoms. The number of hydrogen-bond donors (Lipinski definition) is 2. The van der Waals surface area contributed by atoms with Gasteiger partial charge in [-0.3, -0.25) is 0 Å². The highest BCUT2D eigenvalue weighted by Crippen LogP contribution is 2.26. The smallest absolute Gasteiger partial charge is 0.149 e. The summed E-state index contributed by atoms with van der Waals surface area (Å²) in [7, 11) is 1.77. The van der Waals surface area contributed by atoms with Crippen molar-refractivity contribution in [1.29, 1.82) is 0 Å². The van der Waals surface area contributed by atoms with Crippen LogP contribution in [0.5, 0.6) is 0 Å². The van der Waals surface area contributed by atoms with E-state index in [0.717, 1.165) is 24.5 Å². The zero-order valence-electron chi connectivity index (χ0n) is 11.4. The molecule has 0 saturated carbocycles. The predicted octanol–water partition coefficient (Wildman–Crippen LogP) is 3.49. The lowest BCUT2D eigenvalue weighted by molar-refractivity contribution is 0.586. The second-order valence-corrected chi connectivity index (χ2v) is 4.30. The molecular weight excluding hydrogens is 262 g/mol. The maximum Gasteiger partial charge on any atom is 0.149 e. The Labute approximate surface area is 116 Å². The van der Waals surface area contributed by atoms with Crippen LogP contribution in [0.1, 0.15) is 18.9 Å². The molecule has 0 bridgehead atoms. The summed E-state index contributed by atoms with van der Waals surface area (Å²) < 4.78 is 26.6. The molecule has 0 atom stereocenters. The van der Waals surface area contributed by atoms with Gasteiger partial charge in [0.05, 0.1) is 5.69 Å². The Morgan fingerprint density at radius 1 is 1.15 bits per heavy atom. The minimum atomic E-state index is -0.655. The fraction of sp³-hybridized carbons (Fsp3) is 0.286. The summed E-state index contributed by atoms with van der Waals surface area (Å²) in [5.74, 6) is -0.0407. The van der Waals surface area contributed by atoms with Gasteiger partial charge in [0.1, 0.15) is 29.6 Å². The van der Waals surface area contributed by atoms with Crippen LogP contribution in [0.2, 0.25) is 0 Å². The molecule has 2 rings (SSSR count). The van der Waals surface area contributed by atoms with Crippen LogP contribution in [-0.2, 0) is 6.42 Å². The summed E-state index contributed by atoms with van der Waals surface area (Å²) in [4.78, 5) is 8.28. The van der Waals surface area contributed by atoms with E-state index in [-0.39, 0.29) is 5.69 Å². The molecule has 0 fully saturated rings. The first-order valence-corrected chi connectivity index (χ1v) is 6.39. The van der Waals surface area contributed by atoms with Gasteiger partial charge < -0.3 is 10.6 Å². The number of anilines is 3. The highest BCUT2D eigenvalue weighted by Gasteiger charge is 2.12. The van der Waals surface area contributed by atoms with Crippen LogP contribution in [0.15, 0.2) is 24.5 Å². The zero-order chi connectivity index (χ0) is 14.5. The molecule has 106 valence electrons. The minimum absolute atomic E-state index is 0.185. The van der Waals surface area contributed by atoms with Crippen molar-refractivity contribution in [3.8, 4) is 0 Å². The summed E-state index contributed by atoms with van der Waals surface area (Å²) in [6.45, 7) is 2.04. The second kappa shape index (κ2) is 6.27. The zero-order valence-corrected chi connectivity index (χ0v) is 11.4. The molecule has 2 aromatic rings. The molecule has 0 spiro atoms. The van der Waals surface area contributed by atoms with Gasteiger partial charge in [0.15, 0.2) is 0 Å². The van der Waals surface area contributed by atoms with Crippen LogP contribution in [0.25, 0.3) is 0 Å². The molecule has 1 aromatic carbocycles. The third-order valence-corrected chi connectivity index (χ3v) is 2.87. The van der Waals surface area contributed by atoms with Crippen molar-refractivity contribution < 1.29 is 8.78 Å². The minimum Gasteiger partial charge on any atom is -0.373 e. The van der Waals surface area contributed by atoms with E-state index >= 15 is 0 Å². The summed E-state index contributed by atoms with van der Waals surface area (Å²) in [5.41, 5.74) is 1.06. The van der Waals surface area contributed by atoms with Crippen molar-refractivity contribution in [3.63, 3.8) is 0 Å². The monoisotopic (exact) mass is 278 g/mol. The SMILES string of the molecule is CCCc1c(NC)ncnc1Nc1ccc(F)cc1F. The average Bonchev–Trinajstić information content (AvgIpc) is 2.43. The van der Waals surface area contributed by atoms with E-state index in [1.54, 1.807) is 7.05 Å². The molecule has 0 aliphatic carbocycles. The average molecular weight is 278 g/mol. The van der Waals surface area contributed by atoms with E-state index in [1.807, 2.05) is 6.92 Å². The standard InChI is InChI=1S/C14H16F2N4/c1-3-4-10-13(17-2)18-8-19-14(10)20-12-6-5-9(15)7-11(12)16/h5-8H,3-4H2,1-2H3,(H2,17,18,19,20). The van der Waals surface area contributed by atoms with Crippen molar-refractivity contribution in [1.82, 2.24) is 9.97 Å². The van der Waals surface area contributed by atoms with Crippen molar-refractivity contribution in [2.75, 3.05) is 17.7 Å². The van der Waals surface area contributed by atoms with Crippen LogP contribution in [0.4, 0.5) is 26.1 Å². The molecule has 1 aromatic heterocycles. The molecular formula is C14H16F2N4. The van der Waals surface area contributed by atoms with Gasteiger partial charge in [-0.2, -0.15) is 0 Å². The van der Waals surface area contributed by atoms with Gasteiger partial charge in [-0.25, -0.2) is 18.7 Å². The molecule has 1 heterocycles. The van der Waals surface area contributed by atoms with Gasteiger partial charge in [-0.1, -0.05) is 13.3 Å². The highest BCUT2D eigenvalue weighted by molar-refractivity contribution is 5.65. The maximum atomic E-state index is 13.7. The van der Waals surface area contributed by atoms with Crippen molar-refractivity contribution in [2.45, 2.75) is 19.8 Å². The lowest BCUT2D eigenvalue weighted by atomic mass is 10.1. The Balaban J connectivity index is 2.37. The molecule has 0 saturated heterocycles. The summed E-state index contributed by atoms with van der Waals surface area (Å²) >= 11 is 0. The highest BCUT2D eigenvalue weighted by atomic mass is 19.1. The van der Waals surface area contributed by atoms with E-state index in [9.17, 15) is 8.78 Å². The lowest BCUT2D eigenvalue weighted by Gasteiger charge is -2.14. The van der Waals surface area contributed by atoms with Crippen LogP contribution in [-0.4, -0.2) is 17.0 Å². The van der Waals surface area contributed by atoms with Crippen LogP contribution in [0.3, 0.4) is 0 Å². The van der Waals surface area contributed by atoms with Gasteiger partial charge in [0.25, 0.3) is 0 Å². The van der Waals surface area contributed by atoms with Gasteiger partial charge in [-0.05, 0) is 18.6 Å². The van der Waals surface area contributed by atoms with E-state index in [1.165, 1.54) is 18.5 Å². The first-order chi connectivity index (χ1) is 9.65. The van der Waals surface area contributed by atoms with Gasteiger partial charge in [0.2, 0.25) is 0 Å². The molecule has 4 nitrogen and oxygen atoms in total. The Bertz CT molecular complexity index is 602. The quantitative estimate of drug-likeness (QED) is 0.879. The topological polar surface area (TPSA) is 49.8 Å². The molecule has 2 N–H and O–H groups in total. The molecule has 20 heavy (non-hydrogen) atoms. The van der Waals surface area contributed by atoms with E-state index < -0.39 is 11.6 Å². The molecule has 0 radical (unpaired) electrons. The van der Waals surface area contributed by atoms with Crippen molar-refractivity contribution in [2.24, 2.45) is 0 Å². The Kier molecular flexibility index (Phi) is 4.45. The number of benzene rings is 1. The van der Waals surface area contributed by atoms with Crippen molar-refractivity contribution >= 4 is 17.3 Å². The fourth-order valence-electron chi connectivity index (χ4n) is 1.94. The fourth-order valence-corrected chi connectivity index (χ4v) is 1.94. The molecule has 0 unspecified atom stereocenters. The third kappa shape index (κ3) is 3.01. The Morgan fingerprint density at radius 2 is 1.90 bits per heavy atom. The number of rotatable bonds is 5. The molecule has 0 amide bonds. The van der Waals surface area contributed by atoms with Crippen molar-refractivity contribution in [3.05, 3.63) is 41.7 Å². The van der Waals surface area contributed by atoms with Gasteiger partial charge in [0, 0.05) is 18.7 Å². The normalized spacial score (nSPS) is 10.4. The number of hydrogen-bond acceptors (Lipinski definition) is 4. The number of halogens is 2. The predicted molar refractivity (Wildman–Crippen MR) is 75.2 cm³/mol. The first kappa shape index (κ1) is 14.2.